The van der Waals surface area contributed by atoms with E-state index in [2.05, 4.69) is 254 Å². The van der Waals surface area contributed by atoms with Crippen molar-refractivity contribution in [2.75, 3.05) is 4.90 Å². The summed E-state index contributed by atoms with van der Waals surface area (Å²) in [6, 6.07) is 90.9. The Morgan fingerprint density at radius 2 is 0.476 bits per heavy atom. The number of hydrogen-bond acceptors (Lipinski definition) is 1. The summed E-state index contributed by atoms with van der Waals surface area (Å²) in [5.41, 5.74) is 13.0. The Kier molecular flexibility index (Phi) is 8.90. The van der Waals surface area contributed by atoms with Crippen LogP contribution in [0.1, 0.15) is 0 Å². The Hall–Kier alpha value is -8.26. The SMILES string of the molecule is c1ccc2c(-c3ccc(-c4ccc(N(c5ccc(-c6cccc7c6ccc6ccccc67)cc5)c5ccc(-c6cccc7c6ccc6ccccc67)cc5)cc4)cc3)cccc2c1. The number of fused-ring (bicyclic) bond motifs is 7. The van der Waals surface area contributed by atoms with E-state index in [4.69, 9.17) is 0 Å². The number of rotatable bonds is 7. The van der Waals surface area contributed by atoms with Crippen molar-refractivity contribution in [1.82, 2.24) is 0 Å². The van der Waals surface area contributed by atoms with Crippen molar-refractivity contribution >= 4 is 70.9 Å². The first-order chi connectivity index (χ1) is 31.2. The summed E-state index contributed by atoms with van der Waals surface area (Å²) in [7, 11) is 0. The molecule has 0 amide bonds. The third kappa shape index (κ3) is 6.50. The van der Waals surface area contributed by atoms with Gasteiger partial charge in [-0.1, -0.05) is 212 Å². The highest BCUT2D eigenvalue weighted by atomic mass is 15.1. The van der Waals surface area contributed by atoms with Crippen LogP contribution in [0.25, 0.3) is 98.4 Å². The van der Waals surface area contributed by atoms with Crippen LogP contribution in [0.3, 0.4) is 0 Å². The second-order valence-corrected chi connectivity index (χ2v) is 16.5. The summed E-state index contributed by atoms with van der Waals surface area (Å²) in [5, 5.41) is 12.7. The van der Waals surface area contributed by atoms with E-state index in [1.807, 2.05) is 0 Å². The molecule has 1 nitrogen and oxygen atoms in total. The van der Waals surface area contributed by atoms with Gasteiger partial charge < -0.3 is 4.90 Å². The minimum Gasteiger partial charge on any atom is -0.311 e. The number of anilines is 3. The molecular formula is C62H41N. The molecule has 12 rings (SSSR count). The smallest absolute Gasteiger partial charge is 0.0462 e. The molecule has 0 heterocycles. The Morgan fingerprint density at radius 3 is 0.937 bits per heavy atom. The van der Waals surface area contributed by atoms with Gasteiger partial charge in [-0.15, -0.1) is 0 Å². The minimum absolute atomic E-state index is 1.10. The molecular weight excluding hydrogens is 759 g/mol. The molecule has 12 aromatic carbocycles. The summed E-state index contributed by atoms with van der Waals surface area (Å²) in [6.07, 6.45) is 0. The Bertz CT molecular complexity index is 3470. The van der Waals surface area contributed by atoms with Crippen molar-refractivity contribution in [1.29, 1.82) is 0 Å². The van der Waals surface area contributed by atoms with E-state index in [0.29, 0.717) is 0 Å². The lowest BCUT2D eigenvalue weighted by Gasteiger charge is -2.26. The van der Waals surface area contributed by atoms with Gasteiger partial charge in [0.2, 0.25) is 0 Å². The largest absolute Gasteiger partial charge is 0.311 e. The van der Waals surface area contributed by atoms with E-state index in [1.165, 1.54) is 98.4 Å². The second kappa shape index (κ2) is 15.3. The molecule has 0 aliphatic heterocycles. The van der Waals surface area contributed by atoms with E-state index < -0.39 is 0 Å². The van der Waals surface area contributed by atoms with E-state index in [9.17, 15) is 0 Å². The first-order valence-corrected chi connectivity index (χ1v) is 21.7. The van der Waals surface area contributed by atoms with Gasteiger partial charge in [0.25, 0.3) is 0 Å². The molecule has 294 valence electrons. The maximum Gasteiger partial charge on any atom is 0.0462 e. The Balaban J connectivity index is 0.915. The van der Waals surface area contributed by atoms with Crippen molar-refractivity contribution in [3.63, 3.8) is 0 Å². The fourth-order valence-electron chi connectivity index (χ4n) is 9.73. The van der Waals surface area contributed by atoms with Crippen molar-refractivity contribution in [2.45, 2.75) is 0 Å². The zero-order valence-electron chi connectivity index (χ0n) is 34.6. The topological polar surface area (TPSA) is 3.24 Å². The Labute approximate surface area is 367 Å². The van der Waals surface area contributed by atoms with Gasteiger partial charge in [0, 0.05) is 17.1 Å². The quantitative estimate of drug-likeness (QED) is 0.145. The lowest BCUT2D eigenvalue weighted by molar-refractivity contribution is 1.28. The van der Waals surface area contributed by atoms with Gasteiger partial charge in [-0.3, -0.25) is 0 Å². The van der Waals surface area contributed by atoms with Crippen LogP contribution in [-0.4, -0.2) is 0 Å². The fourth-order valence-corrected chi connectivity index (χ4v) is 9.73. The van der Waals surface area contributed by atoms with Gasteiger partial charge >= 0.3 is 0 Å². The zero-order valence-corrected chi connectivity index (χ0v) is 34.6. The number of benzene rings is 12. The molecule has 0 atom stereocenters. The highest BCUT2D eigenvalue weighted by Crippen LogP contribution is 2.41. The first-order valence-electron chi connectivity index (χ1n) is 21.7. The molecule has 0 fully saturated rings. The Morgan fingerprint density at radius 1 is 0.175 bits per heavy atom. The van der Waals surface area contributed by atoms with Crippen molar-refractivity contribution < 1.29 is 0 Å². The predicted molar refractivity (Wildman–Crippen MR) is 270 cm³/mol. The van der Waals surface area contributed by atoms with Crippen LogP contribution in [0.5, 0.6) is 0 Å². The van der Waals surface area contributed by atoms with E-state index in [0.717, 1.165) is 17.1 Å². The van der Waals surface area contributed by atoms with E-state index in [1.54, 1.807) is 0 Å². The summed E-state index contributed by atoms with van der Waals surface area (Å²) in [5.74, 6) is 0. The molecule has 0 radical (unpaired) electrons. The van der Waals surface area contributed by atoms with Crippen LogP contribution in [0.2, 0.25) is 0 Å². The molecule has 0 saturated heterocycles. The highest BCUT2D eigenvalue weighted by molar-refractivity contribution is 6.13. The van der Waals surface area contributed by atoms with Crippen LogP contribution in [0.4, 0.5) is 17.1 Å². The fraction of sp³-hybridized carbons (Fsp3) is 0. The highest BCUT2D eigenvalue weighted by Gasteiger charge is 2.16. The molecule has 63 heavy (non-hydrogen) atoms. The summed E-state index contributed by atoms with van der Waals surface area (Å²) >= 11 is 0. The molecule has 1 heteroatoms. The maximum absolute atomic E-state index is 2.37. The normalized spacial score (nSPS) is 11.5. The maximum atomic E-state index is 2.37. The van der Waals surface area contributed by atoms with Crippen molar-refractivity contribution in [3.05, 3.63) is 249 Å². The van der Waals surface area contributed by atoms with Gasteiger partial charge in [-0.05, 0) is 135 Å². The molecule has 0 bridgehead atoms. The van der Waals surface area contributed by atoms with E-state index >= 15 is 0 Å². The van der Waals surface area contributed by atoms with Gasteiger partial charge in [0.15, 0.2) is 0 Å². The molecule has 0 aliphatic rings. The molecule has 0 aliphatic carbocycles. The lowest BCUT2D eigenvalue weighted by atomic mass is 9.94. The lowest BCUT2D eigenvalue weighted by Crippen LogP contribution is -2.09. The minimum atomic E-state index is 1.10. The standard InChI is InChI=1S/C62H41N/c1-4-14-53-44(10-1)13-7-17-54(53)47-24-22-42(23-25-47)43-26-34-50(35-27-43)63(51-36-28-48(29-37-51)57-18-8-20-59-55-15-5-2-11-45(55)32-40-61(57)59)52-38-30-49(31-39-52)58-19-9-21-60-56-16-6-3-12-46(56)33-41-62(58)60/h1-41H. The van der Waals surface area contributed by atoms with Crippen molar-refractivity contribution in [3.8, 4) is 44.5 Å². The monoisotopic (exact) mass is 799 g/mol. The summed E-state index contributed by atoms with van der Waals surface area (Å²) in [6.45, 7) is 0. The van der Waals surface area contributed by atoms with Gasteiger partial charge in [-0.25, -0.2) is 0 Å². The van der Waals surface area contributed by atoms with Crippen LogP contribution >= 0.6 is 0 Å². The molecule has 0 N–H and O–H groups in total. The van der Waals surface area contributed by atoms with Gasteiger partial charge in [0.1, 0.15) is 0 Å². The van der Waals surface area contributed by atoms with Gasteiger partial charge in [-0.2, -0.15) is 0 Å². The number of nitrogens with zero attached hydrogens (tertiary/aromatic N) is 1. The average molecular weight is 800 g/mol. The zero-order chi connectivity index (χ0) is 41.7. The van der Waals surface area contributed by atoms with Crippen molar-refractivity contribution in [2.24, 2.45) is 0 Å². The predicted octanol–water partition coefficient (Wildman–Crippen LogP) is 17.6. The second-order valence-electron chi connectivity index (χ2n) is 16.5. The van der Waals surface area contributed by atoms with Crippen LogP contribution in [0.15, 0.2) is 249 Å². The van der Waals surface area contributed by atoms with Crippen LogP contribution in [0, 0.1) is 0 Å². The van der Waals surface area contributed by atoms with Crippen LogP contribution < -0.4 is 4.90 Å². The molecule has 12 aromatic rings. The number of hydrogen-bond donors (Lipinski definition) is 0. The third-order valence-electron chi connectivity index (χ3n) is 12.9. The molecule has 0 saturated carbocycles. The molecule has 0 spiro atoms. The molecule has 0 aromatic heterocycles. The first kappa shape index (κ1) is 36.6. The summed E-state index contributed by atoms with van der Waals surface area (Å²) < 4.78 is 0. The van der Waals surface area contributed by atoms with E-state index in [-0.39, 0.29) is 0 Å². The third-order valence-corrected chi connectivity index (χ3v) is 12.9. The average Bonchev–Trinajstić information content (AvgIpc) is 3.36. The van der Waals surface area contributed by atoms with Crippen LogP contribution in [-0.2, 0) is 0 Å². The molecule has 0 unspecified atom stereocenters. The van der Waals surface area contributed by atoms with Gasteiger partial charge in [0.05, 0.1) is 0 Å². The summed E-state index contributed by atoms with van der Waals surface area (Å²) in [4.78, 5) is 2.37.